The van der Waals surface area contributed by atoms with Crippen molar-refractivity contribution in [2.24, 2.45) is 0 Å². The van der Waals surface area contributed by atoms with Crippen LogP contribution >= 0.6 is 0 Å². The number of unbranched alkanes of at least 4 members (excludes halogenated alkanes) is 3. The van der Waals surface area contributed by atoms with Crippen LogP contribution in [0, 0.1) is 0 Å². The maximum Gasteiger partial charge on any atom is 0.330 e. The summed E-state index contributed by atoms with van der Waals surface area (Å²) in [6.07, 6.45) is 5.91. The van der Waals surface area contributed by atoms with Crippen molar-refractivity contribution in [2.75, 3.05) is 26.4 Å². The molecule has 0 unspecified atom stereocenters. The summed E-state index contributed by atoms with van der Waals surface area (Å²) in [6, 6.07) is 0. The number of aliphatic hydroxyl groups excluding tert-OH is 1. The van der Waals surface area contributed by atoms with Gasteiger partial charge in [0.05, 0.1) is 6.61 Å². The van der Waals surface area contributed by atoms with E-state index in [-0.39, 0.29) is 12.6 Å². The summed E-state index contributed by atoms with van der Waals surface area (Å²) in [5.74, 6) is -0.385. The van der Waals surface area contributed by atoms with Gasteiger partial charge in [0, 0.05) is 32.3 Å². The molecule has 94 valence electrons. The van der Waals surface area contributed by atoms with Crippen molar-refractivity contribution >= 4 is 5.97 Å². The summed E-state index contributed by atoms with van der Waals surface area (Å²) >= 11 is 0. The maximum absolute atomic E-state index is 10.6. The minimum Gasteiger partial charge on any atom is -0.462 e. The second-order valence-electron chi connectivity index (χ2n) is 3.48. The van der Waals surface area contributed by atoms with Gasteiger partial charge in [-0.25, -0.2) is 4.79 Å². The van der Waals surface area contributed by atoms with Gasteiger partial charge in [-0.05, 0) is 12.8 Å². The fourth-order valence-corrected chi connectivity index (χ4v) is 1.16. The maximum atomic E-state index is 10.6. The van der Waals surface area contributed by atoms with E-state index in [1.165, 1.54) is 0 Å². The monoisotopic (exact) mass is 230 g/mol. The molecule has 0 saturated carbocycles. The first kappa shape index (κ1) is 15.1. The number of carbonyl (C=O) groups excluding carboxylic acids is 1. The zero-order valence-corrected chi connectivity index (χ0v) is 9.82. The first-order chi connectivity index (χ1) is 7.81. The Morgan fingerprint density at radius 3 is 2.44 bits per heavy atom. The number of hydrogen-bond donors (Lipinski definition) is 1. The van der Waals surface area contributed by atoms with Crippen LogP contribution in [-0.4, -0.2) is 37.5 Å². The molecule has 0 heterocycles. The zero-order valence-electron chi connectivity index (χ0n) is 9.82. The lowest BCUT2D eigenvalue weighted by molar-refractivity contribution is -0.138. The largest absolute Gasteiger partial charge is 0.462 e. The molecular weight excluding hydrogens is 208 g/mol. The van der Waals surface area contributed by atoms with Crippen molar-refractivity contribution in [1.29, 1.82) is 0 Å². The van der Waals surface area contributed by atoms with Crippen molar-refractivity contribution in [3.05, 3.63) is 12.7 Å². The van der Waals surface area contributed by atoms with Gasteiger partial charge in [-0.2, -0.15) is 0 Å². The average Bonchev–Trinajstić information content (AvgIpc) is 2.31. The van der Waals surface area contributed by atoms with Gasteiger partial charge in [0.25, 0.3) is 0 Å². The van der Waals surface area contributed by atoms with Crippen molar-refractivity contribution in [3.63, 3.8) is 0 Å². The minimum atomic E-state index is -0.385. The van der Waals surface area contributed by atoms with Crippen LogP contribution in [-0.2, 0) is 14.3 Å². The molecule has 0 rings (SSSR count). The Balaban J connectivity index is 2.98. The molecule has 4 heteroatoms. The summed E-state index contributed by atoms with van der Waals surface area (Å²) < 4.78 is 10.1. The summed E-state index contributed by atoms with van der Waals surface area (Å²) in [5.41, 5.74) is 0. The van der Waals surface area contributed by atoms with Crippen molar-refractivity contribution in [1.82, 2.24) is 0 Å². The summed E-state index contributed by atoms with van der Waals surface area (Å²) in [4.78, 5) is 10.6. The topological polar surface area (TPSA) is 55.8 Å². The molecule has 0 amide bonds. The first-order valence-corrected chi connectivity index (χ1v) is 5.79. The standard InChI is InChI=1S/C12H22O4/c1-2-12(14)16-11-7-10-15-9-6-4-3-5-8-13/h2,13H,1,3-11H2. The van der Waals surface area contributed by atoms with Gasteiger partial charge in [-0.1, -0.05) is 19.4 Å². The Hall–Kier alpha value is -0.870. The summed E-state index contributed by atoms with van der Waals surface area (Å²) in [6.45, 7) is 5.31. The molecule has 0 spiro atoms. The van der Waals surface area contributed by atoms with Crippen LogP contribution in [0.25, 0.3) is 0 Å². The molecule has 0 radical (unpaired) electrons. The van der Waals surface area contributed by atoms with Gasteiger partial charge >= 0.3 is 5.97 Å². The Morgan fingerprint density at radius 1 is 1.06 bits per heavy atom. The molecule has 0 aliphatic heterocycles. The van der Waals surface area contributed by atoms with Gasteiger partial charge < -0.3 is 14.6 Å². The SMILES string of the molecule is C=CC(=O)OCCCOCCCCCCO. The van der Waals surface area contributed by atoms with E-state index in [1.807, 2.05) is 0 Å². The number of carbonyl (C=O) groups is 1. The van der Waals surface area contributed by atoms with Crippen LogP contribution < -0.4 is 0 Å². The van der Waals surface area contributed by atoms with Crippen molar-refractivity contribution in [2.45, 2.75) is 32.1 Å². The second kappa shape index (κ2) is 12.2. The summed E-state index contributed by atoms with van der Waals surface area (Å²) in [7, 11) is 0. The molecule has 0 fully saturated rings. The van der Waals surface area contributed by atoms with Crippen LogP contribution in [0.15, 0.2) is 12.7 Å². The predicted molar refractivity (Wildman–Crippen MR) is 62.1 cm³/mol. The number of aliphatic hydroxyl groups is 1. The fourth-order valence-electron chi connectivity index (χ4n) is 1.16. The van der Waals surface area contributed by atoms with E-state index in [1.54, 1.807) is 0 Å². The fraction of sp³-hybridized carbons (Fsp3) is 0.750. The normalized spacial score (nSPS) is 10.1. The molecule has 0 saturated heterocycles. The molecule has 0 aromatic rings. The Bertz CT molecular complexity index is 180. The van der Waals surface area contributed by atoms with E-state index >= 15 is 0 Å². The van der Waals surface area contributed by atoms with E-state index < -0.39 is 0 Å². The van der Waals surface area contributed by atoms with Crippen LogP contribution in [0.3, 0.4) is 0 Å². The highest BCUT2D eigenvalue weighted by atomic mass is 16.5. The molecule has 1 N–H and O–H groups in total. The van der Waals surface area contributed by atoms with E-state index in [4.69, 9.17) is 14.6 Å². The molecule has 0 aromatic carbocycles. The minimum absolute atomic E-state index is 0.273. The van der Waals surface area contributed by atoms with E-state index in [9.17, 15) is 4.79 Å². The molecule has 0 aliphatic rings. The highest BCUT2D eigenvalue weighted by Gasteiger charge is 1.95. The van der Waals surface area contributed by atoms with E-state index in [0.717, 1.165) is 44.8 Å². The Morgan fingerprint density at radius 2 is 1.75 bits per heavy atom. The molecule has 4 nitrogen and oxygen atoms in total. The summed E-state index contributed by atoms with van der Waals surface area (Å²) in [5, 5.41) is 8.55. The second-order valence-corrected chi connectivity index (χ2v) is 3.48. The van der Waals surface area contributed by atoms with Crippen molar-refractivity contribution in [3.8, 4) is 0 Å². The zero-order chi connectivity index (χ0) is 12.1. The van der Waals surface area contributed by atoms with Crippen LogP contribution in [0.5, 0.6) is 0 Å². The number of ether oxygens (including phenoxy) is 2. The molecule has 16 heavy (non-hydrogen) atoms. The van der Waals surface area contributed by atoms with Crippen LogP contribution in [0.1, 0.15) is 32.1 Å². The first-order valence-electron chi connectivity index (χ1n) is 5.79. The molecule has 0 bridgehead atoms. The van der Waals surface area contributed by atoms with E-state index in [0.29, 0.717) is 13.2 Å². The smallest absolute Gasteiger partial charge is 0.330 e. The highest BCUT2D eigenvalue weighted by Crippen LogP contribution is 1.99. The number of rotatable bonds is 11. The van der Waals surface area contributed by atoms with Crippen LogP contribution in [0.2, 0.25) is 0 Å². The van der Waals surface area contributed by atoms with Gasteiger partial charge in [0.1, 0.15) is 0 Å². The molecular formula is C12H22O4. The number of hydrogen-bond acceptors (Lipinski definition) is 4. The number of esters is 1. The van der Waals surface area contributed by atoms with Gasteiger partial charge in [-0.15, -0.1) is 0 Å². The third-order valence-electron chi connectivity index (χ3n) is 2.04. The highest BCUT2D eigenvalue weighted by molar-refractivity contribution is 5.81. The lowest BCUT2D eigenvalue weighted by Crippen LogP contribution is -2.05. The van der Waals surface area contributed by atoms with Gasteiger partial charge in [-0.3, -0.25) is 0 Å². The molecule has 0 aromatic heterocycles. The molecule has 0 atom stereocenters. The third kappa shape index (κ3) is 11.2. The van der Waals surface area contributed by atoms with Gasteiger partial charge in [0.2, 0.25) is 0 Å². The lowest BCUT2D eigenvalue weighted by atomic mass is 10.2. The Labute approximate surface area is 97.2 Å². The predicted octanol–water partition coefficient (Wildman–Crippen LogP) is 1.67. The lowest BCUT2D eigenvalue weighted by Gasteiger charge is -2.04. The molecule has 0 aliphatic carbocycles. The van der Waals surface area contributed by atoms with Crippen LogP contribution in [0.4, 0.5) is 0 Å². The average molecular weight is 230 g/mol. The van der Waals surface area contributed by atoms with E-state index in [2.05, 4.69) is 6.58 Å². The third-order valence-corrected chi connectivity index (χ3v) is 2.04. The quantitative estimate of drug-likeness (QED) is 0.333. The Kier molecular flexibility index (Phi) is 11.5. The van der Waals surface area contributed by atoms with Crippen molar-refractivity contribution < 1.29 is 19.4 Å². The van der Waals surface area contributed by atoms with Gasteiger partial charge in [0.15, 0.2) is 0 Å².